The molecule has 0 fully saturated rings. The molecular formula is C16H33NNaO7S. The molecule has 0 aliphatic heterocycles. The van der Waals surface area contributed by atoms with E-state index in [1.165, 1.54) is 38.5 Å². The predicted molar refractivity (Wildman–Crippen MR) is 101 cm³/mol. The molecule has 0 spiro atoms. The van der Waals surface area contributed by atoms with Crippen LogP contribution in [0.4, 0.5) is 0 Å². The van der Waals surface area contributed by atoms with Gasteiger partial charge in [-0.3, -0.25) is 14.1 Å². The number of hydrogen-bond donors (Lipinski definition) is 3. The predicted octanol–water partition coefficient (Wildman–Crippen LogP) is 2.96. The van der Waals surface area contributed by atoms with Crippen LogP contribution in [0, 0.1) is 0 Å². The Morgan fingerprint density at radius 2 is 1.35 bits per heavy atom. The van der Waals surface area contributed by atoms with Crippen molar-refractivity contribution in [1.29, 1.82) is 0 Å². The number of hydrogen-bond acceptors (Lipinski definition) is 6. The first kappa shape index (κ1) is 30.5. The molecule has 0 saturated carbocycles. The van der Waals surface area contributed by atoms with Gasteiger partial charge in [0.2, 0.25) is 0 Å². The second kappa shape index (κ2) is 18.2. The van der Waals surface area contributed by atoms with E-state index in [-0.39, 0.29) is 42.3 Å². The van der Waals surface area contributed by atoms with Gasteiger partial charge in [0.1, 0.15) is 0 Å². The van der Waals surface area contributed by atoms with E-state index in [1.807, 2.05) is 0 Å². The van der Waals surface area contributed by atoms with Crippen LogP contribution in [0.5, 0.6) is 0 Å². The van der Waals surface area contributed by atoms with Crippen LogP contribution in [0.2, 0.25) is 0 Å². The normalized spacial score (nSPS) is 11.8. The molecule has 5 N–H and O–H groups in total. The van der Waals surface area contributed by atoms with Crippen molar-refractivity contribution >= 4 is 51.6 Å². The summed E-state index contributed by atoms with van der Waals surface area (Å²) in [6, 6.07) is 0. The minimum absolute atomic E-state index is 0. The first-order valence-electron chi connectivity index (χ1n) is 8.63. The van der Waals surface area contributed by atoms with E-state index in [1.54, 1.807) is 0 Å². The number of carbonyl (C=O) groups excluding carboxylic acids is 1. The topological polar surface area (TPSA) is 153 Å². The number of carboxylic acid groups (broad SMARTS) is 1. The molecule has 10 heteroatoms. The number of aliphatic carboxylic acids is 1. The minimum Gasteiger partial charge on any atom is -0.481 e. The maximum atomic E-state index is 11.6. The van der Waals surface area contributed by atoms with Gasteiger partial charge in [-0.05, 0) is 6.42 Å². The van der Waals surface area contributed by atoms with Gasteiger partial charge >= 0.3 is 11.9 Å². The van der Waals surface area contributed by atoms with Gasteiger partial charge in [-0.15, -0.1) is 0 Å². The van der Waals surface area contributed by atoms with Crippen LogP contribution < -0.4 is 6.15 Å². The maximum Gasteiger partial charge on any atom is 0.327 e. The average molecular weight is 406 g/mol. The smallest absolute Gasteiger partial charge is 0.327 e. The first-order valence-corrected chi connectivity index (χ1v) is 10.1. The molecule has 0 aromatic rings. The number of esters is 1. The summed E-state index contributed by atoms with van der Waals surface area (Å²) in [4.78, 5) is 22.1. The van der Waals surface area contributed by atoms with Crippen LogP contribution in [0.1, 0.15) is 77.6 Å². The van der Waals surface area contributed by atoms with Gasteiger partial charge < -0.3 is 16.0 Å². The Labute approximate surface area is 179 Å². The van der Waals surface area contributed by atoms with Crippen LogP contribution in [0.25, 0.3) is 0 Å². The van der Waals surface area contributed by atoms with E-state index in [9.17, 15) is 18.0 Å². The zero-order chi connectivity index (χ0) is 18.4. The second-order valence-corrected chi connectivity index (χ2v) is 7.55. The van der Waals surface area contributed by atoms with Gasteiger partial charge in [0.25, 0.3) is 10.1 Å². The molecule has 0 aromatic heterocycles. The monoisotopic (exact) mass is 406 g/mol. The number of ether oxygens (including phenoxy) is 1. The molecule has 0 bridgehead atoms. The van der Waals surface area contributed by atoms with Gasteiger partial charge in [0, 0.05) is 29.6 Å². The van der Waals surface area contributed by atoms with Crippen molar-refractivity contribution < 1.29 is 32.4 Å². The van der Waals surface area contributed by atoms with Crippen molar-refractivity contribution in [3.63, 3.8) is 0 Å². The molecule has 0 amide bonds. The van der Waals surface area contributed by atoms with Crippen LogP contribution in [0.3, 0.4) is 0 Å². The molecule has 0 aliphatic carbocycles. The third-order valence-corrected chi connectivity index (χ3v) is 4.80. The van der Waals surface area contributed by atoms with E-state index < -0.39 is 33.7 Å². The second-order valence-electron chi connectivity index (χ2n) is 5.95. The van der Waals surface area contributed by atoms with Crippen molar-refractivity contribution in [1.82, 2.24) is 6.15 Å². The third-order valence-electron chi connectivity index (χ3n) is 3.72. The quantitative estimate of drug-likeness (QED) is 0.162. The van der Waals surface area contributed by atoms with Crippen molar-refractivity contribution in [2.24, 2.45) is 0 Å². The molecule has 0 rings (SSSR count). The van der Waals surface area contributed by atoms with Gasteiger partial charge in [0.15, 0.2) is 5.25 Å². The Bertz CT molecular complexity index is 471. The molecule has 0 heterocycles. The molecule has 0 aromatic carbocycles. The maximum absolute atomic E-state index is 11.6. The van der Waals surface area contributed by atoms with Crippen LogP contribution in [-0.2, 0) is 24.4 Å². The van der Waals surface area contributed by atoms with Crippen LogP contribution in [0.15, 0.2) is 0 Å². The van der Waals surface area contributed by atoms with Gasteiger partial charge in [0.05, 0.1) is 13.0 Å². The Morgan fingerprint density at radius 3 is 1.73 bits per heavy atom. The van der Waals surface area contributed by atoms with Crippen molar-refractivity contribution in [2.45, 2.75) is 82.8 Å². The van der Waals surface area contributed by atoms with E-state index in [0.29, 0.717) is 6.42 Å². The zero-order valence-electron chi connectivity index (χ0n) is 16.1. The molecule has 1 radical (unpaired) electrons. The van der Waals surface area contributed by atoms with E-state index in [0.717, 1.165) is 19.3 Å². The van der Waals surface area contributed by atoms with Crippen molar-refractivity contribution in [3.8, 4) is 0 Å². The van der Waals surface area contributed by atoms with Crippen LogP contribution in [-0.4, -0.2) is 71.4 Å². The number of unbranched alkanes of at least 4 members (excludes halogenated alkanes) is 9. The van der Waals surface area contributed by atoms with E-state index in [2.05, 4.69) is 6.92 Å². The van der Waals surface area contributed by atoms with Gasteiger partial charge in [-0.25, -0.2) is 0 Å². The molecule has 26 heavy (non-hydrogen) atoms. The number of carboxylic acids is 1. The standard InChI is InChI=1S/C16H30O7S.H3N.Na/c1-2-3-4-5-6-7-8-9-10-11-12-23-16(19)14(13-15(17)18)24(20,21)22;;/h14H,2-13H2,1H3,(H,17,18)(H,20,21,22);1H3;. The van der Waals surface area contributed by atoms with Crippen LogP contribution >= 0.6 is 0 Å². The summed E-state index contributed by atoms with van der Waals surface area (Å²) >= 11 is 0. The largest absolute Gasteiger partial charge is 0.481 e. The molecule has 0 saturated heterocycles. The third kappa shape index (κ3) is 17.2. The van der Waals surface area contributed by atoms with Gasteiger partial charge in [-0.1, -0.05) is 64.7 Å². The Balaban J connectivity index is -0.00000264. The summed E-state index contributed by atoms with van der Waals surface area (Å²) in [5.74, 6) is -2.70. The number of carbonyl (C=O) groups is 2. The summed E-state index contributed by atoms with van der Waals surface area (Å²) in [5.41, 5.74) is 0. The molecule has 1 atom stereocenters. The Morgan fingerprint density at radius 1 is 0.923 bits per heavy atom. The summed E-state index contributed by atoms with van der Waals surface area (Å²) in [6.45, 7) is 2.22. The number of rotatable bonds is 15. The minimum atomic E-state index is -4.78. The van der Waals surface area contributed by atoms with Crippen molar-refractivity contribution in [2.75, 3.05) is 6.61 Å². The van der Waals surface area contributed by atoms with Crippen molar-refractivity contribution in [3.05, 3.63) is 0 Å². The Kier molecular flexibility index (Phi) is 21.4. The average Bonchev–Trinajstić information content (AvgIpc) is 2.48. The van der Waals surface area contributed by atoms with E-state index in [4.69, 9.17) is 14.4 Å². The fourth-order valence-corrected chi connectivity index (χ4v) is 2.99. The van der Waals surface area contributed by atoms with E-state index >= 15 is 0 Å². The fraction of sp³-hybridized carbons (Fsp3) is 0.875. The summed E-state index contributed by atoms with van der Waals surface area (Å²) < 4.78 is 35.6. The molecule has 8 nitrogen and oxygen atoms in total. The Hall–Kier alpha value is -0.190. The zero-order valence-corrected chi connectivity index (χ0v) is 18.9. The molecule has 1 unspecified atom stereocenters. The summed E-state index contributed by atoms with van der Waals surface area (Å²) in [5, 5.41) is 6.52. The fourth-order valence-electron chi connectivity index (χ4n) is 2.32. The molecule has 0 aliphatic rings. The van der Waals surface area contributed by atoms with Gasteiger partial charge in [-0.2, -0.15) is 8.42 Å². The summed E-state index contributed by atoms with van der Waals surface area (Å²) in [7, 11) is -4.78. The first-order chi connectivity index (χ1) is 11.3. The molecular weight excluding hydrogens is 373 g/mol. The molecule has 151 valence electrons. The summed E-state index contributed by atoms with van der Waals surface area (Å²) in [6.07, 6.45) is 10.1. The SMILES string of the molecule is CCCCCCCCCCCCOC(=O)C(CC(=O)O)S(=O)(=O)O.N.[Na].